The van der Waals surface area contributed by atoms with E-state index in [1.807, 2.05) is 69.2 Å². The van der Waals surface area contributed by atoms with Gasteiger partial charge in [0.05, 0.1) is 37.9 Å². The van der Waals surface area contributed by atoms with E-state index < -0.39 is 27.3 Å². The molecule has 1 N–H and O–H groups in total. The van der Waals surface area contributed by atoms with Crippen LogP contribution in [0.2, 0.25) is 0 Å². The molecule has 0 bridgehead atoms. The van der Waals surface area contributed by atoms with Gasteiger partial charge in [-0.25, -0.2) is 8.42 Å². The summed E-state index contributed by atoms with van der Waals surface area (Å²) in [6.45, 7) is 5.07. The summed E-state index contributed by atoms with van der Waals surface area (Å²) in [5, 5.41) is 11.5. The topological polar surface area (TPSA) is 66.8 Å². The van der Waals surface area contributed by atoms with Crippen LogP contribution in [0.25, 0.3) is 0 Å². The number of rotatable bonds is 7. The third-order valence-corrected chi connectivity index (χ3v) is 9.35. The highest BCUT2D eigenvalue weighted by Gasteiger charge is 2.45. The van der Waals surface area contributed by atoms with Gasteiger partial charge >= 0.3 is 0 Å². The van der Waals surface area contributed by atoms with Crippen molar-refractivity contribution in [2.24, 2.45) is 5.41 Å². The molecule has 0 saturated carbocycles. The molecule has 0 aromatic heterocycles. The van der Waals surface area contributed by atoms with Crippen LogP contribution in [0.1, 0.15) is 49.4 Å². The van der Waals surface area contributed by atoms with E-state index in [2.05, 4.69) is 45.4 Å². The van der Waals surface area contributed by atoms with Crippen LogP contribution in [0.5, 0.6) is 5.75 Å². The van der Waals surface area contributed by atoms with Crippen LogP contribution in [0, 0.1) is 5.41 Å². The third-order valence-electron chi connectivity index (χ3n) is 7.18. The zero-order valence-corrected chi connectivity index (χ0v) is 24.4. The fraction of sp³-hybridized carbons (Fsp3) is 0.438. The first kappa shape index (κ1) is 30.7. The van der Waals surface area contributed by atoms with Crippen LogP contribution in [-0.4, -0.2) is 65.1 Å². The average molecular weight is 554 g/mol. The molecule has 0 spiro atoms. The minimum Gasteiger partial charge on any atom is -0.489 e. The molecule has 3 aromatic carbocycles. The SMILES string of the molecule is C.CN(C)c1ccc2c(c1)[C@H](c1ccc(OCc3ccc(C[N+](C)(C)C)cc3)cc1)[C@H](O)C(C)(C)CS2(=O)=O. The molecule has 1 aliphatic heterocycles. The number of quaternary nitrogens is 1. The second kappa shape index (κ2) is 11.3. The van der Waals surface area contributed by atoms with Crippen LogP contribution in [0.3, 0.4) is 0 Å². The first-order valence-corrected chi connectivity index (χ1v) is 14.6. The van der Waals surface area contributed by atoms with Crippen molar-refractivity contribution in [3.05, 3.63) is 89.0 Å². The van der Waals surface area contributed by atoms with Crippen LogP contribution in [0.15, 0.2) is 71.6 Å². The molecule has 1 aliphatic rings. The second-order valence-corrected chi connectivity index (χ2v) is 14.4. The number of hydrogen-bond donors (Lipinski definition) is 1. The monoisotopic (exact) mass is 553 g/mol. The molecular formula is C32H45N2O4S+. The van der Waals surface area contributed by atoms with Crippen molar-refractivity contribution < 1.29 is 22.7 Å². The molecule has 212 valence electrons. The standard InChI is InChI=1S/C31H41N2O4S.CH4/c1-31(2)21-38(35,36)28-17-14-25(32(3)4)18-27(28)29(30(31)34)24-12-15-26(16-13-24)37-20-23-10-8-22(9-11-23)19-33(5,6)7;/h8-18,29-30,34H,19-21H2,1-7H3;1H4/q+1;/t29-,30-;/m0./s1. The second-order valence-electron chi connectivity index (χ2n) is 12.4. The van der Waals surface area contributed by atoms with Gasteiger partial charge < -0.3 is 19.2 Å². The molecule has 1 heterocycles. The first-order chi connectivity index (χ1) is 17.7. The summed E-state index contributed by atoms with van der Waals surface area (Å²) in [6.07, 6.45) is -0.882. The predicted molar refractivity (Wildman–Crippen MR) is 160 cm³/mol. The van der Waals surface area contributed by atoms with Crippen molar-refractivity contribution in [1.29, 1.82) is 0 Å². The number of hydrogen-bond acceptors (Lipinski definition) is 5. The minimum atomic E-state index is -3.57. The number of sulfone groups is 1. The van der Waals surface area contributed by atoms with E-state index in [1.165, 1.54) is 5.56 Å². The van der Waals surface area contributed by atoms with Gasteiger partial charge in [-0.3, -0.25) is 0 Å². The van der Waals surface area contributed by atoms with Gasteiger partial charge in [0.2, 0.25) is 0 Å². The summed E-state index contributed by atoms with van der Waals surface area (Å²) in [7, 11) is 6.80. The Labute approximate surface area is 235 Å². The molecular weight excluding hydrogens is 508 g/mol. The fourth-order valence-corrected chi connectivity index (χ4v) is 7.33. The highest BCUT2D eigenvalue weighted by molar-refractivity contribution is 7.91. The van der Waals surface area contributed by atoms with E-state index >= 15 is 0 Å². The molecule has 7 heteroatoms. The van der Waals surface area contributed by atoms with Crippen molar-refractivity contribution in [3.63, 3.8) is 0 Å². The lowest BCUT2D eigenvalue weighted by molar-refractivity contribution is -0.884. The Morgan fingerprint density at radius 1 is 0.949 bits per heavy atom. The van der Waals surface area contributed by atoms with Crippen LogP contribution in [0.4, 0.5) is 5.69 Å². The van der Waals surface area contributed by atoms with Gasteiger partial charge in [0, 0.05) is 36.7 Å². The van der Waals surface area contributed by atoms with E-state index in [0.717, 1.165) is 33.6 Å². The summed E-state index contributed by atoms with van der Waals surface area (Å²) in [5.74, 6) is 0.127. The van der Waals surface area contributed by atoms with Gasteiger partial charge in [-0.1, -0.05) is 57.7 Å². The Balaban J connectivity index is 0.00000420. The van der Waals surface area contributed by atoms with Crippen molar-refractivity contribution in [1.82, 2.24) is 0 Å². The lowest BCUT2D eigenvalue weighted by Crippen LogP contribution is -2.38. The van der Waals surface area contributed by atoms with Gasteiger partial charge in [0.25, 0.3) is 0 Å². The average Bonchev–Trinajstić information content (AvgIpc) is 2.88. The molecule has 4 rings (SSSR count). The summed E-state index contributed by atoms with van der Waals surface area (Å²) in [6, 6.07) is 21.6. The number of nitrogens with zero attached hydrogens (tertiary/aromatic N) is 2. The lowest BCUT2D eigenvalue weighted by atomic mass is 9.75. The molecule has 0 saturated heterocycles. The Morgan fingerprint density at radius 3 is 2.10 bits per heavy atom. The molecule has 3 aromatic rings. The number of ether oxygens (including phenoxy) is 1. The molecule has 0 amide bonds. The third kappa shape index (κ3) is 7.02. The van der Waals surface area contributed by atoms with E-state index in [9.17, 15) is 13.5 Å². The maximum absolute atomic E-state index is 13.3. The molecule has 39 heavy (non-hydrogen) atoms. The minimum absolute atomic E-state index is 0. The summed E-state index contributed by atoms with van der Waals surface area (Å²) < 4.78 is 33.6. The van der Waals surface area contributed by atoms with Crippen LogP contribution < -0.4 is 9.64 Å². The van der Waals surface area contributed by atoms with Gasteiger partial charge in [-0.15, -0.1) is 0 Å². The van der Waals surface area contributed by atoms with Crippen LogP contribution in [-0.2, 0) is 23.0 Å². The quantitative estimate of drug-likeness (QED) is 0.393. The maximum Gasteiger partial charge on any atom is 0.179 e. The highest BCUT2D eigenvalue weighted by Crippen LogP contribution is 2.45. The van der Waals surface area contributed by atoms with Gasteiger partial charge in [0.15, 0.2) is 9.84 Å². The maximum atomic E-state index is 13.3. The smallest absolute Gasteiger partial charge is 0.179 e. The van der Waals surface area contributed by atoms with E-state index in [1.54, 1.807) is 6.07 Å². The summed E-state index contributed by atoms with van der Waals surface area (Å²) in [4.78, 5) is 2.24. The lowest BCUT2D eigenvalue weighted by Gasteiger charge is -2.33. The number of anilines is 1. The molecule has 6 nitrogen and oxygen atoms in total. The van der Waals surface area contributed by atoms with Gasteiger partial charge in [-0.2, -0.15) is 0 Å². The predicted octanol–water partition coefficient (Wildman–Crippen LogP) is 5.48. The fourth-order valence-electron chi connectivity index (χ4n) is 5.20. The summed E-state index contributed by atoms with van der Waals surface area (Å²) in [5.41, 5.74) is 3.94. The van der Waals surface area contributed by atoms with Crippen LogP contribution >= 0.6 is 0 Å². The Kier molecular flexibility index (Phi) is 8.90. The first-order valence-electron chi connectivity index (χ1n) is 13.0. The Hall–Kier alpha value is -2.87. The van der Waals surface area contributed by atoms with E-state index in [-0.39, 0.29) is 13.2 Å². The normalized spacial score (nSPS) is 19.8. The molecule has 0 unspecified atom stereocenters. The number of aliphatic hydroxyl groups is 1. The largest absolute Gasteiger partial charge is 0.489 e. The van der Waals surface area contributed by atoms with Crippen molar-refractivity contribution in [3.8, 4) is 5.75 Å². The molecule has 2 atom stereocenters. The zero-order valence-electron chi connectivity index (χ0n) is 23.6. The van der Waals surface area contributed by atoms with Gasteiger partial charge in [0.1, 0.15) is 18.9 Å². The number of fused-ring (bicyclic) bond motifs is 1. The Bertz CT molecular complexity index is 1370. The summed E-state index contributed by atoms with van der Waals surface area (Å²) >= 11 is 0. The van der Waals surface area contributed by atoms with E-state index in [0.29, 0.717) is 17.1 Å². The number of benzene rings is 3. The number of aliphatic hydroxyl groups excluding tert-OH is 1. The highest BCUT2D eigenvalue weighted by atomic mass is 32.2. The zero-order chi connectivity index (χ0) is 27.9. The van der Waals surface area contributed by atoms with Gasteiger partial charge in [-0.05, 0) is 47.0 Å². The molecule has 0 radical (unpaired) electrons. The Morgan fingerprint density at radius 2 is 1.54 bits per heavy atom. The van der Waals surface area contributed by atoms with Crippen molar-refractivity contribution in [2.45, 2.75) is 51.3 Å². The van der Waals surface area contributed by atoms with Crippen molar-refractivity contribution in [2.75, 3.05) is 45.9 Å². The van der Waals surface area contributed by atoms with Crippen molar-refractivity contribution >= 4 is 15.5 Å². The molecule has 0 fully saturated rings. The molecule has 0 aliphatic carbocycles. The van der Waals surface area contributed by atoms with E-state index in [4.69, 9.17) is 4.74 Å².